The molecule has 2 saturated heterocycles. The zero-order valence-corrected chi connectivity index (χ0v) is 18.0. The number of nitrogens with one attached hydrogen (secondary N) is 1. The van der Waals surface area contributed by atoms with Crippen molar-refractivity contribution in [1.82, 2.24) is 20.0 Å². The maximum Gasteiger partial charge on any atom is 0.353 e. The number of β-lactam (4-membered cyclic amide) rings is 1. The van der Waals surface area contributed by atoms with Crippen LogP contribution in [0, 0.1) is 11.8 Å². The highest BCUT2D eigenvalue weighted by atomic mass is 35.5. The fraction of sp³-hybridized carbons (Fsp3) is 0.632. The van der Waals surface area contributed by atoms with Crippen molar-refractivity contribution < 1.29 is 19.8 Å². The molecule has 6 atom stereocenters. The normalized spacial score (nSPS) is 32.0. The Balaban J connectivity index is 0.00000240. The van der Waals surface area contributed by atoms with E-state index in [9.17, 15) is 19.8 Å². The van der Waals surface area contributed by atoms with E-state index in [0.717, 1.165) is 30.8 Å². The molecular formula is C19H27ClN4O4S. The molecule has 0 radical (unpaired) electrons. The number of aliphatic hydroxyl groups excluding tert-OH is 1. The third-order valence-electron chi connectivity index (χ3n) is 6.05. The van der Waals surface area contributed by atoms with Gasteiger partial charge in [0.25, 0.3) is 0 Å². The molecule has 3 N–H and O–H groups in total. The summed E-state index contributed by atoms with van der Waals surface area (Å²) >= 11 is 1.59. The van der Waals surface area contributed by atoms with Crippen LogP contribution in [0.2, 0.25) is 0 Å². The Morgan fingerprint density at radius 1 is 1.48 bits per heavy atom. The summed E-state index contributed by atoms with van der Waals surface area (Å²) in [6, 6.07) is 2.04. The Morgan fingerprint density at radius 3 is 2.86 bits per heavy atom. The van der Waals surface area contributed by atoms with Gasteiger partial charge < -0.3 is 20.4 Å². The smallest absolute Gasteiger partial charge is 0.353 e. The number of thioether (sulfide) groups is 1. The SMILES string of the molecule is C[C@@H](O)[C@H]1C(=O)N2C(C(=O)O)=C(S[C@@H]3CN[C@H](CCn4cccn4)C3)[C@H](C)[C@H]12.Cl. The number of carboxylic acids is 1. The third kappa shape index (κ3) is 3.93. The van der Waals surface area contributed by atoms with E-state index < -0.39 is 18.0 Å². The summed E-state index contributed by atoms with van der Waals surface area (Å²) in [5.74, 6) is -1.92. The molecule has 1 aromatic rings. The van der Waals surface area contributed by atoms with Gasteiger partial charge in [-0.05, 0) is 25.8 Å². The minimum Gasteiger partial charge on any atom is -0.477 e. The van der Waals surface area contributed by atoms with Crippen LogP contribution >= 0.6 is 24.2 Å². The number of carbonyl (C=O) groups excluding carboxylic acids is 1. The van der Waals surface area contributed by atoms with Crippen LogP contribution in [-0.4, -0.2) is 66.8 Å². The van der Waals surface area contributed by atoms with Gasteiger partial charge in [-0.1, -0.05) is 6.92 Å². The molecule has 0 spiro atoms. The van der Waals surface area contributed by atoms with E-state index >= 15 is 0 Å². The summed E-state index contributed by atoms with van der Waals surface area (Å²) in [7, 11) is 0. The van der Waals surface area contributed by atoms with Crippen molar-refractivity contribution in [2.75, 3.05) is 6.54 Å². The number of aliphatic hydroxyl groups is 1. The quantitative estimate of drug-likeness (QED) is 0.546. The number of aromatic nitrogens is 2. The number of halogens is 1. The van der Waals surface area contributed by atoms with Gasteiger partial charge in [0, 0.05) is 47.6 Å². The first kappa shape index (κ1) is 22.1. The Bertz CT molecular complexity index is 800. The Hall–Kier alpha value is -1.55. The topological polar surface area (TPSA) is 108 Å². The summed E-state index contributed by atoms with van der Waals surface area (Å²) in [4.78, 5) is 26.5. The van der Waals surface area contributed by atoms with Gasteiger partial charge in [0.05, 0.1) is 18.1 Å². The summed E-state index contributed by atoms with van der Waals surface area (Å²) < 4.78 is 1.92. The van der Waals surface area contributed by atoms with Crippen LogP contribution in [0.1, 0.15) is 26.7 Å². The molecule has 3 aliphatic rings. The molecule has 1 aromatic heterocycles. The van der Waals surface area contributed by atoms with E-state index in [0.29, 0.717) is 6.04 Å². The van der Waals surface area contributed by atoms with Crippen LogP contribution in [0.4, 0.5) is 0 Å². The van der Waals surface area contributed by atoms with Crippen LogP contribution in [0.3, 0.4) is 0 Å². The molecule has 0 aromatic carbocycles. The summed E-state index contributed by atoms with van der Waals surface area (Å²) in [6.45, 7) is 5.23. The van der Waals surface area contributed by atoms with E-state index in [1.54, 1.807) is 24.9 Å². The van der Waals surface area contributed by atoms with Gasteiger partial charge in [-0.3, -0.25) is 9.48 Å². The maximum absolute atomic E-state index is 12.4. The average Bonchev–Trinajstić information content (AvgIpc) is 3.34. The molecule has 8 nitrogen and oxygen atoms in total. The molecule has 0 saturated carbocycles. The van der Waals surface area contributed by atoms with Crippen LogP contribution in [0.25, 0.3) is 0 Å². The minimum absolute atomic E-state index is 0. The molecular weight excluding hydrogens is 416 g/mol. The number of rotatable bonds is 7. The second-order valence-corrected chi connectivity index (χ2v) is 9.25. The van der Waals surface area contributed by atoms with E-state index in [1.165, 1.54) is 4.90 Å². The van der Waals surface area contributed by atoms with Crippen LogP contribution in [0.15, 0.2) is 29.1 Å². The van der Waals surface area contributed by atoms with Gasteiger partial charge in [0.15, 0.2) is 0 Å². The zero-order chi connectivity index (χ0) is 20.0. The molecule has 1 amide bonds. The molecule has 0 aliphatic carbocycles. The van der Waals surface area contributed by atoms with Crippen molar-refractivity contribution in [1.29, 1.82) is 0 Å². The lowest BCUT2D eigenvalue weighted by Crippen LogP contribution is -2.63. The number of hydrogen-bond acceptors (Lipinski definition) is 6. The fourth-order valence-electron chi connectivity index (χ4n) is 4.67. The molecule has 29 heavy (non-hydrogen) atoms. The van der Waals surface area contributed by atoms with E-state index in [1.807, 2.05) is 23.9 Å². The lowest BCUT2D eigenvalue weighted by atomic mass is 9.79. The Morgan fingerprint density at radius 2 is 2.24 bits per heavy atom. The molecule has 160 valence electrons. The highest BCUT2D eigenvalue weighted by molar-refractivity contribution is 8.03. The van der Waals surface area contributed by atoms with Crippen molar-refractivity contribution in [2.45, 2.75) is 56.7 Å². The molecule has 2 fully saturated rings. The lowest BCUT2D eigenvalue weighted by Gasteiger charge is -2.46. The first-order chi connectivity index (χ1) is 13.4. The molecule has 0 unspecified atom stereocenters. The van der Waals surface area contributed by atoms with Crippen molar-refractivity contribution in [2.24, 2.45) is 11.8 Å². The second kappa shape index (κ2) is 8.67. The summed E-state index contributed by atoms with van der Waals surface area (Å²) in [5.41, 5.74) is 0.115. The number of nitrogens with zero attached hydrogens (tertiary/aromatic N) is 3. The standard InChI is InChI=1S/C19H26N4O4S.ClH/c1-10-15-14(11(2)24)18(25)23(15)16(19(26)27)17(10)28-13-8-12(20-9-13)4-7-22-6-3-5-21-22;/h3,5-6,10-15,20,24H,4,7-9H2,1-2H3,(H,26,27);1H/t10-,11-,12-,13+,14-,15-;/m1./s1. The first-order valence-corrected chi connectivity index (χ1v) is 10.6. The Labute approximate surface area is 180 Å². The molecule has 4 heterocycles. The largest absolute Gasteiger partial charge is 0.477 e. The summed E-state index contributed by atoms with van der Waals surface area (Å²) in [5, 5.41) is 27.7. The van der Waals surface area contributed by atoms with Crippen LogP contribution < -0.4 is 5.32 Å². The summed E-state index contributed by atoms with van der Waals surface area (Å²) in [6.07, 6.45) is 4.87. The number of aryl methyl sites for hydroxylation is 1. The fourth-order valence-corrected chi connectivity index (χ4v) is 6.19. The number of amides is 1. The second-order valence-electron chi connectivity index (χ2n) is 7.91. The number of aliphatic carboxylic acids is 1. The van der Waals surface area contributed by atoms with Crippen molar-refractivity contribution >= 4 is 36.0 Å². The van der Waals surface area contributed by atoms with Gasteiger partial charge in [0.1, 0.15) is 5.70 Å². The van der Waals surface area contributed by atoms with Gasteiger partial charge in [-0.2, -0.15) is 5.10 Å². The van der Waals surface area contributed by atoms with Crippen molar-refractivity contribution in [3.8, 4) is 0 Å². The lowest BCUT2D eigenvalue weighted by molar-refractivity contribution is -0.163. The van der Waals surface area contributed by atoms with E-state index in [-0.39, 0.29) is 41.2 Å². The maximum atomic E-state index is 12.4. The number of fused-ring (bicyclic) bond motifs is 1. The van der Waals surface area contributed by atoms with E-state index in [2.05, 4.69) is 10.4 Å². The highest BCUT2D eigenvalue weighted by Gasteiger charge is 2.60. The van der Waals surface area contributed by atoms with Gasteiger partial charge >= 0.3 is 5.97 Å². The minimum atomic E-state index is -1.06. The monoisotopic (exact) mass is 442 g/mol. The first-order valence-electron chi connectivity index (χ1n) is 9.74. The van der Waals surface area contributed by atoms with E-state index in [4.69, 9.17) is 0 Å². The Kier molecular flexibility index (Phi) is 6.62. The molecule has 0 bridgehead atoms. The van der Waals surface area contributed by atoms with Crippen molar-refractivity contribution in [3.63, 3.8) is 0 Å². The predicted octanol–water partition coefficient (Wildman–Crippen LogP) is 1.31. The van der Waals surface area contributed by atoms with Crippen LogP contribution in [-0.2, 0) is 16.1 Å². The van der Waals surface area contributed by atoms with Gasteiger partial charge in [-0.25, -0.2) is 4.79 Å². The zero-order valence-electron chi connectivity index (χ0n) is 16.4. The third-order valence-corrected chi connectivity index (χ3v) is 7.56. The number of hydrogen-bond donors (Lipinski definition) is 3. The average molecular weight is 443 g/mol. The van der Waals surface area contributed by atoms with Gasteiger partial charge in [-0.15, -0.1) is 24.2 Å². The molecule has 4 rings (SSSR count). The predicted molar refractivity (Wildman–Crippen MR) is 112 cm³/mol. The van der Waals surface area contributed by atoms with Crippen molar-refractivity contribution in [3.05, 3.63) is 29.1 Å². The number of carbonyl (C=O) groups is 2. The molecule has 10 heteroatoms. The highest BCUT2D eigenvalue weighted by Crippen LogP contribution is 2.51. The molecule has 3 aliphatic heterocycles. The number of carboxylic acid groups (broad SMARTS) is 1. The van der Waals surface area contributed by atoms with Crippen LogP contribution in [0.5, 0.6) is 0 Å². The van der Waals surface area contributed by atoms with Gasteiger partial charge in [0.2, 0.25) is 5.91 Å².